The zero-order valence-corrected chi connectivity index (χ0v) is 9.69. The summed E-state index contributed by atoms with van der Waals surface area (Å²) < 4.78 is 5.12. The Morgan fingerprint density at radius 3 is 2.20 bits per heavy atom. The summed E-state index contributed by atoms with van der Waals surface area (Å²) >= 11 is 0. The van der Waals surface area contributed by atoms with Crippen LogP contribution in [0.15, 0.2) is 0 Å². The van der Waals surface area contributed by atoms with E-state index in [0.717, 1.165) is 0 Å². The molecular weight excluding hydrogens is 196 g/mol. The van der Waals surface area contributed by atoms with Crippen molar-refractivity contribution in [3.63, 3.8) is 0 Å². The van der Waals surface area contributed by atoms with Crippen LogP contribution in [0.4, 0.5) is 0 Å². The Morgan fingerprint density at radius 2 is 1.87 bits per heavy atom. The highest BCUT2D eigenvalue weighted by Gasteiger charge is 2.23. The van der Waals surface area contributed by atoms with Gasteiger partial charge in [-0.3, -0.25) is 4.79 Å². The van der Waals surface area contributed by atoms with Crippen molar-refractivity contribution in [3.8, 4) is 0 Å². The summed E-state index contributed by atoms with van der Waals surface area (Å²) in [5, 5.41) is 9.45. The van der Waals surface area contributed by atoms with Gasteiger partial charge in [0.25, 0.3) is 0 Å². The van der Waals surface area contributed by atoms with Gasteiger partial charge < -0.3 is 21.3 Å². The molecule has 2 unspecified atom stereocenters. The lowest BCUT2D eigenvalue weighted by Gasteiger charge is -2.23. The Bertz CT molecular complexity index is 201. The van der Waals surface area contributed by atoms with Crippen molar-refractivity contribution in [1.82, 2.24) is 0 Å². The molecule has 0 aliphatic rings. The molecule has 0 saturated heterocycles. The quantitative estimate of drug-likeness (QED) is 0.546. The van der Waals surface area contributed by atoms with Gasteiger partial charge in [-0.2, -0.15) is 0 Å². The minimum atomic E-state index is -0.748. The van der Waals surface area contributed by atoms with E-state index in [1.54, 1.807) is 20.8 Å². The zero-order valence-electron chi connectivity index (χ0n) is 9.69. The van der Waals surface area contributed by atoms with Gasteiger partial charge in [-0.1, -0.05) is 0 Å². The third kappa shape index (κ3) is 6.43. The average Bonchev–Trinajstić information content (AvgIpc) is 2.10. The summed E-state index contributed by atoms with van der Waals surface area (Å²) in [5.74, 6) is -0.685. The van der Waals surface area contributed by atoms with Crippen LogP contribution in [0.1, 0.15) is 27.2 Å². The normalized spacial score (nSPS) is 15.9. The van der Waals surface area contributed by atoms with Crippen LogP contribution in [0.3, 0.4) is 0 Å². The lowest BCUT2D eigenvalue weighted by atomic mass is 9.99. The van der Waals surface area contributed by atoms with E-state index in [9.17, 15) is 9.90 Å². The topological polar surface area (TPSA) is 98.6 Å². The minimum absolute atomic E-state index is 0.102. The van der Waals surface area contributed by atoms with Crippen molar-refractivity contribution in [1.29, 1.82) is 0 Å². The molecule has 5 N–H and O–H groups in total. The summed E-state index contributed by atoms with van der Waals surface area (Å²) in [4.78, 5) is 11.4. The molecule has 90 valence electrons. The predicted molar refractivity (Wildman–Crippen MR) is 58.1 cm³/mol. The zero-order chi connectivity index (χ0) is 12.1. The molecule has 0 saturated carbocycles. The number of aliphatic hydroxyl groups is 1. The SMILES string of the molecule is CC(C)(C)OC(=O)CC(CN)C(O)CN. The first-order valence-electron chi connectivity index (χ1n) is 5.10. The smallest absolute Gasteiger partial charge is 0.306 e. The van der Waals surface area contributed by atoms with Crippen molar-refractivity contribution in [2.24, 2.45) is 17.4 Å². The van der Waals surface area contributed by atoms with E-state index in [-0.39, 0.29) is 31.4 Å². The molecule has 0 heterocycles. The average molecular weight is 218 g/mol. The number of hydrogen-bond donors (Lipinski definition) is 3. The Morgan fingerprint density at radius 1 is 1.33 bits per heavy atom. The standard InChI is InChI=1S/C10H22N2O3/c1-10(2,3)15-9(14)4-7(5-11)8(13)6-12/h7-8,13H,4-6,11-12H2,1-3H3. The van der Waals surface area contributed by atoms with Gasteiger partial charge in [0, 0.05) is 12.5 Å². The van der Waals surface area contributed by atoms with Crippen molar-refractivity contribution < 1.29 is 14.6 Å². The first-order chi connectivity index (χ1) is 6.80. The molecule has 0 fully saturated rings. The highest BCUT2D eigenvalue weighted by atomic mass is 16.6. The van der Waals surface area contributed by atoms with E-state index < -0.39 is 11.7 Å². The summed E-state index contributed by atoms with van der Waals surface area (Å²) in [6.07, 6.45) is -0.644. The molecule has 0 aromatic heterocycles. The fourth-order valence-corrected chi connectivity index (χ4v) is 1.17. The molecule has 15 heavy (non-hydrogen) atoms. The van der Waals surface area contributed by atoms with Crippen LogP contribution in [0, 0.1) is 5.92 Å². The number of carbonyl (C=O) groups excluding carboxylic acids is 1. The van der Waals surface area contributed by atoms with E-state index in [0.29, 0.717) is 0 Å². The van der Waals surface area contributed by atoms with Crippen LogP contribution in [0.5, 0.6) is 0 Å². The number of rotatable bonds is 5. The van der Waals surface area contributed by atoms with Crippen LogP contribution >= 0.6 is 0 Å². The monoisotopic (exact) mass is 218 g/mol. The molecule has 0 spiro atoms. The van der Waals surface area contributed by atoms with Crippen molar-refractivity contribution in [2.75, 3.05) is 13.1 Å². The van der Waals surface area contributed by atoms with E-state index in [1.807, 2.05) is 0 Å². The molecule has 0 aromatic carbocycles. The minimum Gasteiger partial charge on any atom is -0.460 e. The maximum Gasteiger partial charge on any atom is 0.306 e. The summed E-state index contributed by atoms with van der Waals surface area (Å²) in [6.45, 7) is 5.70. The van der Waals surface area contributed by atoms with Gasteiger partial charge in [-0.25, -0.2) is 0 Å². The molecule has 0 rings (SSSR count). The van der Waals surface area contributed by atoms with Crippen LogP contribution in [-0.2, 0) is 9.53 Å². The number of hydrogen-bond acceptors (Lipinski definition) is 5. The van der Waals surface area contributed by atoms with Gasteiger partial charge in [-0.05, 0) is 27.3 Å². The lowest BCUT2D eigenvalue weighted by Crippen LogP contribution is -2.36. The van der Waals surface area contributed by atoms with Gasteiger partial charge in [-0.15, -0.1) is 0 Å². The molecule has 2 atom stereocenters. The van der Waals surface area contributed by atoms with Crippen molar-refractivity contribution >= 4 is 5.97 Å². The van der Waals surface area contributed by atoms with Gasteiger partial charge in [0.15, 0.2) is 0 Å². The number of ether oxygens (including phenoxy) is 1. The third-order valence-electron chi connectivity index (χ3n) is 1.94. The molecule has 0 amide bonds. The summed E-state index contributed by atoms with van der Waals surface area (Å²) in [7, 11) is 0. The number of aliphatic hydroxyl groups excluding tert-OH is 1. The molecule has 0 aliphatic heterocycles. The summed E-state index contributed by atoms with van der Waals surface area (Å²) in [5.41, 5.74) is 10.2. The van der Waals surface area contributed by atoms with Gasteiger partial charge in [0.1, 0.15) is 5.60 Å². The van der Waals surface area contributed by atoms with Crippen LogP contribution in [-0.4, -0.2) is 35.9 Å². The van der Waals surface area contributed by atoms with Gasteiger partial charge in [0.05, 0.1) is 12.5 Å². The van der Waals surface area contributed by atoms with Crippen molar-refractivity contribution in [2.45, 2.75) is 38.9 Å². The Balaban J connectivity index is 4.13. The largest absolute Gasteiger partial charge is 0.460 e. The molecule has 5 nitrogen and oxygen atoms in total. The Labute approximate surface area is 90.8 Å². The highest BCUT2D eigenvalue weighted by molar-refractivity contribution is 5.70. The predicted octanol–water partition coefficient (Wildman–Crippen LogP) is -0.387. The second-order valence-electron chi connectivity index (χ2n) is 4.59. The van der Waals surface area contributed by atoms with Crippen LogP contribution in [0.2, 0.25) is 0 Å². The lowest BCUT2D eigenvalue weighted by molar-refractivity contribution is -0.156. The maximum atomic E-state index is 11.4. The highest BCUT2D eigenvalue weighted by Crippen LogP contribution is 2.13. The Kier molecular flexibility index (Phi) is 5.79. The molecule has 0 bridgehead atoms. The van der Waals surface area contributed by atoms with Crippen LogP contribution < -0.4 is 11.5 Å². The third-order valence-corrected chi connectivity index (χ3v) is 1.94. The van der Waals surface area contributed by atoms with E-state index in [1.165, 1.54) is 0 Å². The fraction of sp³-hybridized carbons (Fsp3) is 0.900. The number of carbonyl (C=O) groups is 1. The Hall–Kier alpha value is -0.650. The first kappa shape index (κ1) is 14.3. The molecule has 0 aliphatic carbocycles. The maximum absolute atomic E-state index is 11.4. The summed E-state index contributed by atoms with van der Waals surface area (Å²) in [6, 6.07) is 0. The number of esters is 1. The van der Waals surface area contributed by atoms with E-state index in [4.69, 9.17) is 16.2 Å². The van der Waals surface area contributed by atoms with E-state index >= 15 is 0 Å². The molecule has 0 radical (unpaired) electrons. The van der Waals surface area contributed by atoms with E-state index in [2.05, 4.69) is 0 Å². The van der Waals surface area contributed by atoms with Crippen LogP contribution in [0.25, 0.3) is 0 Å². The fourth-order valence-electron chi connectivity index (χ4n) is 1.17. The molecular formula is C10H22N2O3. The number of nitrogens with two attached hydrogens (primary N) is 2. The molecule has 0 aromatic rings. The second-order valence-corrected chi connectivity index (χ2v) is 4.59. The molecule has 5 heteroatoms. The second kappa shape index (κ2) is 6.05. The van der Waals surface area contributed by atoms with Gasteiger partial charge >= 0.3 is 5.97 Å². The van der Waals surface area contributed by atoms with Crippen molar-refractivity contribution in [3.05, 3.63) is 0 Å². The first-order valence-corrected chi connectivity index (χ1v) is 5.10. The van der Waals surface area contributed by atoms with Gasteiger partial charge in [0.2, 0.25) is 0 Å².